The summed E-state index contributed by atoms with van der Waals surface area (Å²) in [5.74, 6) is 1.53. The first kappa shape index (κ1) is 13.8. The Kier molecular flexibility index (Phi) is 4.23. The third-order valence-electron chi connectivity index (χ3n) is 3.99. The molecule has 2 rings (SSSR count). The zero-order valence-corrected chi connectivity index (χ0v) is 12.1. The van der Waals surface area contributed by atoms with Gasteiger partial charge < -0.3 is 4.74 Å². The number of rotatable bonds is 3. The molecule has 18 heavy (non-hydrogen) atoms. The van der Waals surface area contributed by atoms with Crippen molar-refractivity contribution in [1.82, 2.24) is 9.97 Å². The Bertz CT molecular complexity index is 414. The van der Waals surface area contributed by atoms with Crippen molar-refractivity contribution in [3.05, 3.63) is 22.7 Å². The second kappa shape index (κ2) is 5.54. The van der Waals surface area contributed by atoms with E-state index >= 15 is 0 Å². The number of hydrogen-bond donors (Lipinski definition) is 0. The number of hydrogen-bond acceptors (Lipinski definition) is 3. The van der Waals surface area contributed by atoms with Crippen molar-refractivity contribution in [3.63, 3.8) is 0 Å². The molecule has 1 aliphatic rings. The largest absolute Gasteiger partial charge is 0.370 e. The Labute approximate surface area is 114 Å². The van der Waals surface area contributed by atoms with Crippen molar-refractivity contribution in [3.8, 4) is 0 Å². The Hall–Kier alpha value is -0.670. The summed E-state index contributed by atoms with van der Waals surface area (Å²) in [6.07, 6.45) is 5.14. The summed E-state index contributed by atoms with van der Waals surface area (Å²) >= 11 is 6.09. The van der Waals surface area contributed by atoms with Crippen LogP contribution in [0.2, 0.25) is 5.15 Å². The Morgan fingerprint density at radius 2 is 2.06 bits per heavy atom. The maximum absolute atomic E-state index is 6.09. The van der Waals surface area contributed by atoms with Crippen molar-refractivity contribution in [1.29, 1.82) is 0 Å². The van der Waals surface area contributed by atoms with Crippen molar-refractivity contribution in [2.24, 2.45) is 5.92 Å². The van der Waals surface area contributed by atoms with Crippen LogP contribution in [0, 0.1) is 5.92 Å². The monoisotopic (exact) mass is 268 g/mol. The van der Waals surface area contributed by atoms with Crippen molar-refractivity contribution in [2.45, 2.75) is 51.6 Å². The highest BCUT2D eigenvalue weighted by Crippen LogP contribution is 2.40. The summed E-state index contributed by atoms with van der Waals surface area (Å²) in [6.45, 7) is 4.36. The molecular weight excluding hydrogens is 248 g/mol. The van der Waals surface area contributed by atoms with E-state index in [4.69, 9.17) is 16.3 Å². The number of aromatic nitrogens is 2. The number of halogens is 1. The molecule has 0 N–H and O–H groups in total. The van der Waals surface area contributed by atoms with Gasteiger partial charge in [-0.2, -0.15) is 0 Å². The van der Waals surface area contributed by atoms with Gasteiger partial charge in [0.05, 0.1) is 0 Å². The maximum Gasteiger partial charge on any atom is 0.162 e. The molecule has 1 aromatic heterocycles. The summed E-state index contributed by atoms with van der Waals surface area (Å²) in [5.41, 5.74) is 0.654. The van der Waals surface area contributed by atoms with Crippen LogP contribution in [0.3, 0.4) is 0 Å². The number of ether oxygens (including phenoxy) is 1. The van der Waals surface area contributed by atoms with E-state index in [1.807, 2.05) is 6.07 Å². The van der Waals surface area contributed by atoms with Gasteiger partial charge in [0.25, 0.3) is 0 Å². The lowest BCUT2D eigenvalue weighted by atomic mass is 9.79. The van der Waals surface area contributed by atoms with Crippen LogP contribution in [0.25, 0.3) is 0 Å². The molecule has 1 heterocycles. The van der Waals surface area contributed by atoms with E-state index < -0.39 is 0 Å². The van der Waals surface area contributed by atoms with Crippen LogP contribution in [0.4, 0.5) is 0 Å². The van der Waals surface area contributed by atoms with Crippen LogP contribution in [-0.4, -0.2) is 17.1 Å². The lowest BCUT2D eigenvalue weighted by molar-refractivity contribution is -0.0598. The highest BCUT2D eigenvalue weighted by atomic mass is 35.5. The Morgan fingerprint density at radius 3 is 2.61 bits per heavy atom. The Morgan fingerprint density at radius 1 is 1.39 bits per heavy atom. The highest BCUT2D eigenvalue weighted by molar-refractivity contribution is 6.29. The fourth-order valence-corrected chi connectivity index (χ4v) is 2.80. The Balaban J connectivity index is 2.35. The second-order valence-corrected chi connectivity index (χ2v) is 5.63. The molecule has 1 aromatic rings. The average Bonchev–Trinajstić information content (AvgIpc) is 2.39. The normalized spacial score (nSPS) is 28.3. The molecule has 1 saturated carbocycles. The van der Waals surface area contributed by atoms with E-state index in [1.54, 1.807) is 7.11 Å². The van der Waals surface area contributed by atoms with Gasteiger partial charge in [-0.25, -0.2) is 9.97 Å². The molecule has 1 aliphatic carbocycles. The van der Waals surface area contributed by atoms with Gasteiger partial charge >= 0.3 is 0 Å². The minimum Gasteiger partial charge on any atom is -0.370 e. The van der Waals surface area contributed by atoms with Gasteiger partial charge in [0.15, 0.2) is 5.82 Å². The van der Waals surface area contributed by atoms with E-state index in [0.717, 1.165) is 49.5 Å². The molecule has 0 amide bonds. The molecule has 4 heteroatoms. The topological polar surface area (TPSA) is 35.0 Å². The molecule has 100 valence electrons. The quantitative estimate of drug-likeness (QED) is 0.783. The number of nitrogens with zero attached hydrogens (tertiary/aromatic N) is 2. The van der Waals surface area contributed by atoms with Gasteiger partial charge in [-0.1, -0.05) is 25.4 Å². The number of aryl methyl sites for hydroxylation is 1. The maximum atomic E-state index is 6.09. The van der Waals surface area contributed by atoms with Crippen molar-refractivity contribution < 1.29 is 4.74 Å². The van der Waals surface area contributed by atoms with Gasteiger partial charge in [-0.15, -0.1) is 0 Å². The van der Waals surface area contributed by atoms with Crippen LogP contribution in [0.1, 0.15) is 51.0 Å². The molecule has 1 fully saturated rings. The molecule has 0 bridgehead atoms. The first-order chi connectivity index (χ1) is 8.59. The van der Waals surface area contributed by atoms with Crippen molar-refractivity contribution in [2.75, 3.05) is 7.11 Å². The SMILES string of the molecule is CCc1cc(Cl)nc(C2(OC)CCC(C)CC2)n1. The van der Waals surface area contributed by atoms with Crippen LogP contribution in [-0.2, 0) is 16.8 Å². The number of methoxy groups -OCH3 is 1. The van der Waals surface area contributed by atoms with Crippen LogP contribution >= 0.6 is 11.6 Å². The zero-order chi connectivity index (χ0) is 13.2. The molecule has 0 radical (unpaired) electrons. The van der Waals surface area contributed by atoms with Crippen LogP contribution < -0.4 is 0 Å². The fourth-order valence-electron chi connectivity index (χ4n) is 2.60. The lowest BCUT2D eigenvalue weighted by Crippen LogP contribution is -2.35. The molecule has 0 aromatic carbocycles. The van der Waals surface area contributed by atoms with Gasteiger partial charge in [-0.3, -0.25) is 0 Å². The zero-order valence-electron chi connectivity index (χ0n) is 11.4. The van der Waals surface area contributed by atoms with Crippen LogP contribution in [0.5, 0.6) is 0 Å². The summed E-state index contributed by atoms with van der Waals surface area (Å²) in [5, 5.41) is 0.520. The van der Waals surface area contributed by atoms with Crippen molar-refractivity contribution >= 4 is 11.6 Å². The fraction of sp³-hybridized carbons (Fsp3) is 0.714. The molecular formula is C14H21ClN2O. The second-order valence-electron chi connectivity index (χ2n) is 5.24. The molecule has 0 saturated heterocycles. The highest BCUT2D eigenvalue weighted by Gasteiger charge is 2.38. The van der Waals surface area contributed by atoms with Gasteiger partial charge in [0.1, 0.15) is 10.8 Å². The first-order valence-electron chi connectivity index (χ1n) is 6.68. The van der Waals surface area contributed by atoms with Gasteiger partial charge in [-0.05, 0) is 44.1 Å². The summed E-state index contributed by atoms with van der Waals surface area (Å²) < 4.78 is 5.78. The van der Waals surface area contributed by atoms with E-state index in [2.05, 4.69) is 23.8 Å². The average molecular weight is 269 g/mol. The first-order valence-corrected chi connectivity index (χ1v) is 7.06. The third kappa shape index (κ3) is 2.67. The minimum atomic E-state index is -0.332. The van der Waals surface area contributed by atoms with Gasteiger partial charge in [0.2, 0.25) is 0 Å². The molecule has 0 atom stereocenters. The molecule has 0 unspecified atom stereocenters. The predicted molar refractivity (Wildman–Crippen MR) is 72.7 cm³/mol. The van der Waals surface area contributed by atoms with E-state index in [9.17, 15) is 0 Å². The summed E-state index contributed by atoms with van der Waals surface area (Å²) in [6, 6.07) is 1.83. The lowest BCUT2D eigenvalue weighted by Gasteiger charge is -2.37. The molecule has 3 nitrogen and oxygen atoms in total. The summed E-state index contributed by atoms with van der Waals surface area (Å²) in [7, 11) is 1.76. The van der Waals surface area contributed by atoms with E-state index in [-0.39, 0.29) is 5.60 Å². The van der Waals surface area contributed by atoms with Crippen LogP contribution in [0.15, 0.2) is 6.07 Å². The molecule has 0 spiro atoms. The standard InChI is InChI=1S/C14H21ClN2O/c1-4-11-9-12(15)17-13(16-11)14(18-3)7-5-10(2)6-8-14/h9-10H,4-8H2,1-3H3. The molecule has 0 aliphatic heterocycles. The predicted octanol–water partition coefficient (Wildman–Crippen LogP) is 3.74. The van der Waals surface area contributed by atoms with E-state index in [0.29, 0.717) is 5.15 Å². The minimum absolute atomic E-state index is 0.332. The summed E-state index contributed by atoms with van der Waals surface area (Å²) in [4.78, 5) is 9.03. The third-order valence-corrected chi connectivity index (χ3v) is 4.18. The smallest absolute Gasteiger partial charge is 0.162 e. The van der Waals surface area contributed by atoms with Gasteiger partial charge in [0, 0.05) is 12.8 Å². The van der Waals surface area contributed by atoms with E-state index in [1.165, 1.54) is 0 Å².